The van der Waals surface area contributed by atoms with Crippen LogP contribution in [0.3, 0.4) is 0 Å². The molecule has 0 aliphatic carbocycles. The lowest BCUT2D eigenvalue weighted by molar-refractivity contribution is 0.676. The molecule has 0 saturated heterocycles. The third kappa shape index (κ3) is 4.91. The van der Waals surface area contributed by atoms with Crippen LogP contribution >= 0.6 is 0 Å². The Morgan fingerprint density at radius 3 is 1.95 bits per heavy atom. The number of unbranched alkanes of at least 4 members (excludes halogenated alkanes) is 2. The number of hydrogen-bond acceptors (Lipinski definition) is 1. The summed E-state index contributed by atoms with van der Waals surface area (Å²) in [5.74, 6) is 0. The third-order valence-electron chi connectivity index (χ3n) is 4.13. The molecule has 2 aromatic carbocycles. The molecule has 0 unspecified atom stereocenters. The van der Waals surface area contributed by atoms with Crippen LogP contribution in [-0.2, 0) is 6.42 Å². The van der Waals surface area contributed by atoms with Gasteiger partial charge in [0.2, 0.25) is 0 Å². The maximum absolute atomic E-state index is 2.59. The number of nitrogens with zero attached hydrogens (tertiary/aromatic N) is 1. The summed E-state index contributed by atoms with van der Waals surface area (Å²) in [6.45, 7) is 6.88. The molecule has 0 aromatic heterocycles. The third-order valence-corrected chi connectivity index (χ3v) is 4.13. The predicted molar refractivity (Wildman–Crippen MR) is 97.7 cm³/mol. The van der Waals surface area contributed by atoms with Crippen molar-refractivity contribution in [3.8, 4) is 0 Å². The molecule has 1 heteroatoms. The summed E-state index contributed by atoms with van der Waals surface area (Å²) < 4.78 is 0. The van der Waals surface area contributed by atoms with Crippen molar-refractivity contribution in [2.75, 3.05) is 18.0 Å². The molecule has 22 heavy (non-hydrogen) atoms. The van der Waals surface area contributed by atoms with Crippen molar-refractivity contribution in [1.82, 2.24) is 0 Å². The van der Waals surface area contributed by atoms with Gasteiger partial charge in [-0.25, -0.2) is 0 Å². The van der Waals surface area contributed by atoms with Crippen LogP contribution in [0, 0.1) is 0 Å². The smallest absolute Gasteiger partial charge is 0.0402 e. The zero-order valence-electron chi connectivity index (χ0n) is 14.1. The fourth-order valence-electron chi connectivity index (χ4n) is 2.84. The Labute approximate surface area is 136 Å². The van der Waals surface area contributed by atoms with E-state index in [1.54, 1.807) is 0 Å². The van der Waals surface area contributed by atoms with Gasteiger partial charge in [0.15, 0.2) is 0 Å². The van der Waals surface area contributed by atoms with E-state index in [0.717, 1.165) is 6.42 Å². The first-order valence-corrected chi connectivity index (χ1v) is 8.72. The lowest BCUT2D eigenvalue weighted by Gasteiger charge is -2.27. The number of anilines is 1. The highest BCUT2D eigenvalue weighted by molar-refractivity contribution is 5.55. The van der Waals surface area contributed by atoms with Crippen molar-refractivity contribution in [2.45, 2.75) is 46.0 Å². The average molecular weight is 295 g/mol. The van der Waals surface area contributed by atoms with Crippen LogP contribution in [0.4, 0.5) is 5.69 Å². The van der Waals surface area contributed by atoms with Crippen molar-refractivity contribution in [3.05, 3.63) is 65.7 Å². The molecule has 0 aliphatic rings. The highest BCUT2D eigenvalue weighted by Gasteiger charge is 2.10. The number of benzene rings is 2. The van der Waals surface area contributed by atoms with Gasteiger partial charge in [0.25, 0.3) is 0 Å². The Kier molecular flexibility index (Phi) is 7.02. The zero-order valence-corrected chi connectivity index (χ0v) is 14.1. The van der Waals surface area contributed by atoms with Gasteiger partial charge in [-0.05, 0) is 36.5 Å². The lowest BCUT2D eigenvalue weighted by atomic mass is 10.0. The summed E-state index contributed by atoms with van der Waals surface area (Å²) in [6, 6.07) is 19.7. The molecule has 0 N–H and O–H groups in total. The van der Waals surface area contributed by atoms with Gasteiger partial charge in [-0.2, -0.15) is 0 Å². The van der Waals surface area contributed by atoms with Gasteiger partial charge >= 0.3 is 0 Å². The Morgan fingerprint density at radius 1 is 0.727 bits per heavy atom. The summed E-state index contributed by atoms with van der Waals surface area (Å²) in [5.41, 5.74) is 4.26. The topological polar surface area (TPSA) is 3.24 Å². The fraction of sp³-hybridized carbons (Fsp3) is 0.429. The molecule has 0 heterocycles. The van der Waals surface area contributed by atoms with E-state index in [4.69, 9.17) is 0 Å². The minimum atomic E-state index is 1.02. The van der Waals surface area contributed by atoms with E-state index in [-0.39, 0.29) is 0 Å². The Balaban J connectivity index is 2.19. The van der Waals surface area contributed by atoms with Crippen LogP contribution in [-0.4, -0.2) is 13.1 Å². The molecule has 0 spiro atoms. The SMILES string of the molecule is CCCCN(CCCC)c1ccccc1Cc1ccccc1. The van der Waals surface area contributed by atoms with E-state index >= 15 is 0 Å². The van der Waals surface area contributed by atoms with Crippen LogP contribution in [0.15, 0.2) is 54.6 Å². The minimum Gasteiger partial charge on any atom is -0.371 e. The number of hydrogen-bond donors (Lipinski definition) is 0. The summed E-state index contributed by atoms with van der Waals surface area (Å²) in [4.78, 5) is 2.59. The van der Waals surface area contributed by atoms with Gasteiger partial charge in [-0.1, -0.05) is 75.2 Å². The second-order valence-corrected chi connectivity index (χ2v) is 5.99. The molecule has 0 atom stereocenters. The maximum Gasteiger partial charge on any atom is 0.0402 e. The van der Waals surface area contributed by atoms with Crippen LogP contribution < -0.4 is 4.90 Å². The van der Waals surface area contributed by atoms with E-state index < -0.39 is 0 Å². The summed E-state index contributed by atoms with van der Waals surface area (Å²) in [6.07, 6.45) is 6.06. The Bertz CT molecular complexity index is 525. The van der Waals surface area contributed by atoms with Crippen LogP contribution in [0.2, 0.25) is 0 Å². The van der Waals surface area contributed by atoms with Crippen molar-refractivity contribution in [1.29, 1.82) is 0 Å². The van der Waals surface area contributed by atoms with Gasteiger partial charge in [0.1, 0.15) is 0 Å². The van der Waals surface area contributed by atoms with Gasteiger partial charge in [-0.3, -0.25) is 0 Å². The molecular weight excluding hydrogens is 266 g/mol. The van der Waals surface area contributed by atoms with Crippen molar-refractivity contribution >= 4 is 5.69 Å². The average Bonchev–Trinajstić information content (AvgIpc) is 2.57. The first-order chi connectivity index (χ1) is 10.8. The van der Waals surface area contributed by atoms with Gasteiger partial charge < -0.3 is 4.90 Å². The molecule has 1 nitrogen and oxygen atoms in total. The molecule has 0 saturated carbocycles. The molecule has 0 aliphatic heterocycles. The summed E-state index contributed by atoms with van der Waals surface area (Å²) >= 11 is 0. The molecule has 0 radical (unpaired) electrons. The molecule has 2 aromatic rings. The van der Waals surface area contributed by atoms with Crippen LogP contribution in [0.25, 0.3) is 0 Å². The first-order valence-electron chi connectivity index (χ1n) is 8.72. The summed E-state index contributed by atoms with van der Waals surface area (Å²) in [7, 11) is 0. The lowest BCUT2D eigenvalue weighted by Crippen LogP contribution is -2.26. The molecular formula is C21H29N. The van der Waals surface area contributed by atoms with E-state index in [9.17, 15) is 0 Å². The fourth-order valence-corrected chi connectivity index (χ4v) is 2.84. The molecule has 0 fully saturated rings. The van der Waals surface area contributed by atoms with Gasteiger partial charge in [0, 0.05) is 18.8 Å². The largest absolute Gasteiger partial charge is 0.371 e. The second-order valence-electron chi connectivity index (χ2n) is 5.99. The standard InChI is InChI=1S/C21H29N/c1-3-5-16-22(17-6-4-2)21-15-11-10-14-20(21)18-19-12-8-7-9-13-19/h7-15H,3-6,16-18H2,1-2H3. The molecule has 0 bridgehead atoms. The molecule has 118 valence electrons. The predicted octanol–water partition coefficient (Wildman–Crippen LogP) is 5.68. The Hall–Kier alpha value is -1.76. The van der Waals surface area contributed by atoms with E-state index in [1.165, 1.54) is 55.6 Å². The molecule has 2 rings (SSSR count). The number of rotatable bonds is 9. The highest BCUT2D eigenvalue weighted by atomic mass is 15.1. The summed E-state index contributed by atoms with van der Waals surface area (Å²) in [5, 5.41) is 0. The quantitative estimate of drug-likeness (QED) is 0.575. The monoisotopic (exact) mass is 295 g/mol. The van der Waals surface area contributed by atoms with Crippen molar-refractivity contribution < 1.29 is 0 Å². The maximum atomic E-state index is 2.59. The highest BCUT2D eigenvalue weighted by Crippen LogP contribution is 2.24. The molecule has 0 amide bonds. The zero-order chi connectivity index (χ0) is 15.6. The van der Waals surface area contributed by atoms with Crippen LogP contribution in [0.5, 0.6) is 0 Å². The first kappa shape index (κ1) is 16.6. The van der Waals surface area contributed by atoms with Gasteiger partial charge in [0.05, 0.1) is 0 Å². The Morgan fingerprint density at radius 2 is 1.32 bits per heavy atom. The van der Waals surface area contributed by atoms with Gasteiger partial charge in [-0.15, -0.1) is 0 Å². The van der Waals surface area contributed by atoms with E-state index in [2.05, 4.69) is 73.3 Å². The number of para-hydroxylation sites is 1. The van der Waals surface area contributed by atoms with E-state index in [0.29, 0.717) is 0 Å². The van der Waals surface area contributed by atoms with Crippen molar-refractivity contribution in [3.63, 3.8) is 0 Å². The van der Waals surface area contributed by atoms with Crippen LogP contribution in [0.1, 0.15) is 50.7 Å². The van der Waals surface area contributed by atoms with Crippen molar-refractivity contribution in [2.24, 2.45) is 0 Å². The second kappa shape index (κ2) is 9.30. The normalized spacial score (nSPS) is 10.6. The van der Waals surface area contributed by atoms with E-state index in [1.807, 2.05) is 0 Å². The minimum absolute atomic E-state index is 1.02.